The lowest BCUT2D eigenvalue weighted by Crippen LogP contribution is -2.41. The molecule has 0 aliphatic heterocycles. The van der Waals surface area contributed by atoms with Gasteiger partial charge in [-0.2, -0.15) is 0 Å². The van der Waals surface area contributed by atoms with Crippen LogP contribution < -0.4 is 22.5 Å². The highest BCUT2D eigenvalue weighted by atomic mass is 16.5. The molecule has 0 saturated carbocycles. The molecule has 8 N–H and O–H groups in total. The van der Waals surface area contributed by atoms with Gasteiger partial charge in [0.2, 0.25) is 5.91 Å². The van der Waals surface area contributed by atoms with E-state index in [1.807, 2.05) is 0 Å². The predicted molar refractivity (Wildman–Crippen MR) is 103 cm³/mol. The van der Waals surface area contributed by atoms with Crippen molar-refractivity contribution in [3.05, 3.63) is 0 Å². The topological polar surface area (TPSA) is 143 Å². The lowest BCUT2D eigenvalue weighted by Gasteiger charge is -2.22. The normalized spacial score (nSPS) is 12.3. The second-order valence-corrected chi connectivity index (χ2v) is 6.35. The van der Waals surface area contributed by atoms with Gasteiger partial charge in [-0.25, -0.2) is 0 Å². The summed E-state index contributed by atoms with van der Waals surface area (Å²) in [4.78, 5) is 14.3. The Kier molecular flexibility index (Phi) is 15.5. The van der Waals surface area contributed by atoms with Gasteiger partial charge >= 0.3 is 0 Å². The maximum absolute atomic E-state index is 12.0. The summed E-state index contributed by atoms with van der Waals surface area (Å²) >= 11 is 0. The van der Waals surface area contributed by atoms with Crippen LogP contribution in [0.5, 0.6) is 0 Å². The number of hydrogen-bond acceptors (Lipinski definition) is 6. The highest BCUT2D eigenvalue weighted by molar-refractivity contribution is 5.81. The summed E-state index contributed by atoms with van der Waals surface area (Å²) in [5.41, 5.74) is 16.8. The number of amides is 1. The first-order valence-corrected chi connectivity index (χ1v) is 9.28. The number of rotatable bonds is 17. The standard InChI is InChI=1S/C17H38N6O2/c1-25-14-13-23(11-5-9-18)12-6-10-22-17(24)15(19)7-3-2-4-8-16(20)21/h15H,2-14,18-19H2,1H3,(H3,20,21)(H,22,24)/t15-/m0/s1. The monoisotopic (exact) mass is 358 g/mol. The molecule has 0 aliphatic rings. The molecule has 0 aromatic rings. The smallest absolute Gasteiger partial charge is 0.236 e. The molecule has 0 fully saturated rings. The zero-order chi connectivity index (χ0) is 18.9. The number of ether oxygens (including phenoxy) is 1. The summed E-state index contributed by atoms with van der Waals surface area (Å²) < 4.78 is 5.12. The first-order valence-electron chi connectivity index (χ1n) is 9.28. The van der Waals surface area contributed by atoms with Gasteiger partial charge in [-0.05, 0) is 45.3 Å². The Balaban J connectivity index is 3.78. The second-order valence-electron chi connectivity index (χ2n) is 6.35. The van der Waals surface area contributed by atoms with E-state index in [2.05, 4.69) is 10.2 Å². The molecule has 0 radical (unpaired) electrons. The van der Waals surface area contributed by atoms with Crippen molar-refractivity contribution in [2.24, 2.45) is 17.2 Å². The van der Waals surface area contributed by atoms with Crippen molar-refractivity contribution in [3.63, 3.8) is 0 Å². The van der Waals surface area contributed by atoms with Gasteiger partial charge in [-0.15, -0.1) is 0 Å². The molecule has 0 spiro atoms. The van der Waals surface area contributed by atoms with Gasteiger partial charge in [0.15, 0.2) is 0 Å². The molecule has 0 rings (SSSR count). The van der Waals surface area contributed by atoms with E-state index < -0.39 is 6.04 Å². The zero-order valence-electron chi connectivity index (χ0n) is 15.8. The van der Waals surface area contributed by atoms with Gasteiger partial charge in [0.1, 0.15) is 0 Å². The number of nitrogens with two attached hydrogens (primary N) is 3. The number of methoxy groups -OCH3 is 1. The van der Waals surface area contributed by atoms with Crippen molar-refractivity contribution in [2.75, 3.05) is 46.4 Å². The van der Waals surface area contributed by atoms with Gasteiger partial charge < -0.3 is 32.2 Å². The molecule has 0 aromatic carbocycles. The number of nitrogens with zero attached hydrogens (tertiary/aromatic N) is 1. The van der Waals surface area contributed by atoms with Crippen molar-refractivity contribution in [1.29, 1.82) is 5.41 Å². The van der Waals surface area contributed by atoms with Gasteiger partial charge in [0.25, 0.3) is 0 Å². The quantitative estimate of drug-likeness (QED) is 0.141. The van der Waals surface area contributed by atoms with E-state index in [4.69, 9.17) is 27.3 Å². The molecular formula is C17H38N6O2. The summed E-state index contributed by atoms with van der Waals surface area (Å²) in [6.45, 7) is 4.75. The SMILES string of the molecule is COCCN(CCCN)CCCNC(=O)[C@@H](N)CCCCCC(=N)N. The molecular weight excluding hydrogens is 320 g/mol. The van der Waals surface area contributed by atoms with Gasteiger partial charge in [-0.3, -0.25) is 10.2 Å². The Morgan fingerprint density at radius 1 is 1.16 bits per heavy atom. The largest absolute Gasteiger partial charge is 0.388 e. The number of unbranched alkanes of at least 4 members (excludes halogenated alkanes) is 2. The lowest BCUT2D eigenvalue weighted by molar-refractivity contribution is -0.122. The number of carbonyl (C=O) groups excluding carboxylic acids is 1. The fourth-order valence-corrected chi connectivity index (χ4v) is 2.50. The summed E-state index contributed by atoms with van der Waals surface area (Å²) in [7, 11) is 1.70. The van der Waals surface area contributed by atoms with Crippen LogP contribution in [0.4, 0.5) is 0 Å². The Bertz CT molecular complexity index is 346. The molecule has 0 heterocycles. The van der Waals surface area contributed by atoms with Crippen LogP contribution in [0.1, 0.15) is 44.9 Å². The minimum Gasteiger partial charge on any atom is -0.388 e. The molecule has 0 bridgehead atoms. The van der Waals surface area contributed by atoms with Crippen LogP contribution in [0.2, 0.25) is 0 Å². The minimum atomic E-state index is -0.459. The highest BCUT2D eigenvalue weighted by Crippen LogP contribution is 2.05. The Labute approximate surface area is 152 Å². The van der Waals surface area contributed by atoms with Crippen molar-refractivity contribution in [1.82, 2.24) is 10.2 Å². The van der Waals surface area contributed by atoms with Crippen LogP contribution in [0.3, 0.4) is 0 Å². The molecule has 8 heteroatoms. The van der Waals surface area contributed by atoms with Crippen LogP contribution in [0.15, 0.2) is 0 Å². The van der Waals surface area contributed by atoms with E-state index in [1.165, 1.54) is 0 Å². The third kappa shape index (κ3) is 14.8. The van der Waals surface area contributed by atoms with E-state index in [0.29, 0.717) is 32.5 Å². The highest BCUT2D eigenvalue weighted by Gasteiger charge is 2.12. The first kappa shape index (κ1) is 23.8. The van der Waals surface area contributed by atoms with E-state index in [-0.39, 0.29) is 11.7 Å². The van der Waals surface area contributed by atoms with Crippen molar-refractivity contribution in [2.45, 2.75) is 51.0 Å². The van der Waals surface area contributed by atoms with Crippen LogP contribution in [-0.2, 0) is 9.53 Å². The molecule has 0 saturated heterocycles. The van der Waals surface area contributed by atoms with Crippen molar-refractivity contribution < 1.29 is 9.53 Å². The van der Waals surface area contributed by atoms with E-state index in [9.17, 15) is 4.79 Å². The average Bonchev–Trinajstić information content (AvgIpc) is 2.59. The Hall–Kier alpha value is -1.22. The zero-order valence-corrected chi connectivity index (χ0v) is 15.8. The predicted octanol–water partition coefficient (Wildman–Crippen LogP) is 0.00367. The summed E-state index contributed by atoms with van der Waals surface area (Å²) in [5.74, 6) is 0.130. The first-order chi connectivity index (χ1) is 12.0. The summed E-state index contributed by atoms with van der Waals surface area (Å²) in [5, 5.41) is 10.1. The molecule has 148 valence electrons. The molecule has 1 atom stereocenters. The molecule has 8 nitrogen and oxygen atoms in total. The third-order valence-electron chi connectivity index (χ3n) is 4.04. The van der Waals surface area contributed by atoms with E-state index >= 15 is 0 Å². The van der Waals surface area contributed by atoms with Crippen LogP contribution in [0.25, 0.3) is 0 Å². The number of hydrogen-bond donors (Lipinski definition) is 5. The molecule has 0 unspecified atom stereocenters. The van der Waals surface area contributed by atoms with Gasteiger partial charge in [0.05, 0.1) is 18.5 Å². The number of nitrogens with one attached hydrogen (secondary N) is 2. The second kappa shape index (κ2) is 16.3. The van der Waals surface area contributed by atoms with Gasteiger partial charge in [-0.1, -0.05) is 12.8 Å². The molecule has 0 aliphatic carbocycles. The fourth-order valence-electron chi connectivity index (χ4n) is 2.50. The summed E-state index contributed by atoms with van der Waals surface area (Å²) in [6, 6.07) is -0.459. The van der Waals surface area contributed by atoms with Gasteiger partial charge in [0, 0.05) is 26.6 Å². The number of carbonyl (C=O) groups is 1. The maximum atomic E-state index is 12.0. The summed E-state index contributed by atoms with van der Waals surface area (Å²) in [6.07, 6.45) is 5.83. The average molecular weight is 359 g/mol. The maximum Gasteiger partial charge on any atom is 0.236 e. The van der Waals surface area contributed by atoms with Crippen molar-refractivity contribution in [3.8, 4) is 0 Å². The van der Waals surface area contributed by atoms with E-state index in [1.54, 1.807) is 7.11 Å². The van der Waals surface area contributed by atoms with E-state index in [0.717, 1.165) is 51.7 Å². The minimum absolute atomic E-state index is 0.0861. The Morgan fingerprint density at radius 3 is 2.52 bits per heavy atom. The molecule has 25 heavy (non-hydrogen) atoms. The van der Waals surface area contributed by atoms with Crippen molar-refractivity contribution >= 4 is 11.7 Å². The third-order valence-corrected chi connectivity index (χ3v) is 4.04. The fraction of sp³-hybridized carbons (Fsp3) is 0.882. The Morgan fingerprint density at radius 2 is 1.88 bits per heavy atom. The number of amidine groups is 1. The lowest BCUT2D eigenvalue weighted by atomic mass is 10.1. The molecule has 0 aromatic heterocycles. The van der Waals surface area contributed by atoms with Crippen LogP contribution in [-0.4, -0.2) is 69.1 Å². The molecule has 1 amide bonds. The van der Waals surface area contributed by atoms with Crippen LogP contribution in [0, 0.1) is 5.41 Å². The van der Waals surface area contributed by atoms with Crippen LogP contribution >= 0.6 is 0 Å².